The molecular formula is C12H12N2O2S2. The molecule has 0 radical (unpaired) electrons. The largest absolute Gasteiger partial charge is 0.269 e. The van der Waals surface area contributed by atoms with E-state index in [0.717, 1.165) is 15.6 Å². The summed E-state index contributed by atoms with van der Waals surface area (Å²) in [7, 11) is 0. The average Bonchev–Trinajstić information content (AvgIpc) is 2.75. The van der Waals surface area contributed by atoms with E-state index in [1.807, 2.05) is 25.3 Å². The van der Waals surface area contributed by atoms with E-state index in [1.54, 1.807) is 35.2 Å². The lowest BCUT2D eigenvalue weighted by atomic mass is 10.1. The minimum Gasteiger partial charge on any atom is -0.258 e. The molecule has 0 aliphatic rings. The van der Waals surface area contributed by atoms with Crippen LogP contribution in [-0.2, 0) is 0 Å². The molecule has 6 heteroatoms. The Hall–Kier alpha value is -1.40. The summed E-state index contributed by atoms with van der Waals surface area (Å²) in [5, 5.41) is 12.9. The molecule has 0 bridgehead atoms. The van der Waals surface area contributed by atoms with E-state index in [-0.39, 0.29) is 15.9 Å². The number of aromatic nitrogens is 1. The summed E-state index contributed by atoms with van der Waals surface area (Å²) in [5.74, 6) is 0. The molecule has 0 aliphatic heterocycles. The number of non-ortho nitro benzene ring substituents is 1. The van der Waals surface area contributed by atoms with Crippen LogP contribution < -0.4 is 0 Å². The van der Waals surface area contributed by atoms with Crippen molar-refractivity contribution in [1.29, 1.82) is 0 Å². The standard InChI is InChI=1S/C12H12N2O2S2/c1-8-7-17-12(13-8)18-9(2)10-4-3-5-11(6-10)14(15)16/h3-7,9H,1-2H3. The van der Waals surface area contributed by atoms with Crippen molar-refractivity contribution in [3.05, 3.63) is 51.0 Å². The predicted octanol–water partition coefficient (Wildman–Crippen LogP) is 4.21. The number of nitro benzene ring substituents is 1. The minimum absolute atomic E-state index is 0.135. The fourth-order valence-electron chi connectivity index (χ4n) is 1.50. The Morgan fingerprint density at radius 2 is 2.28 bits per heavy atom. The number of hydrogen-bond acceptors (Lipinski definition) is 5. The first kappa shape index (κ1) is 13.0. The molecule has 1 atom stereocenters. The van der Waals surface area contributed by atoms with E-state index < -0.39 is 0 Å². The number of aryl methyl sites for hydroxylation is 1. The summed E-state index contributed by atoms with van der Waals surface area (Å²) in [6, 6.07) is 6.76. The number of rotatable bonds is 4. The lowest BCUT2D eigenvalue weighted by Gasteiger charge is -2.08. The van der Waals surface area contributed by atoms with Crippen molar-refractivity contribution in [2.24, 2.45) is 0 Å². The first-order valence-corrected chi connectivity index (χ1v) is 7.15. The summed E-state index contributed by atoms with van der Waals surface area (Å²) >= 11 is 3.22. The van der Waals surface area contributed by atoms with Gasteiger partial charge in [0.2, 0.25) is 0 Å². The SMILES string of the molecule is Cc1csc(SC(C)c2cccc([N+](=O)[O-])c2)n1. The Bertz CT molecular complexity index is 569. The summed E-state index contributed by atoms with van der Waals surface area (Å²) in [6.07, 6.45) is 0. The first-order valence-electron chi connectivity index (χ1n) is 5.39. The van der Waals surface area contributed by atoms with Crippen LogP contribution in [0, 0.1) is 17.0 Å². The lowest BCUT2D eigenvalue weighted by Crippen LogP contribution is -1.92. The Morgan fingerprint density at radius 3 is 2.89 bits per heavy atom. The van der Waals surface area contributed by atoms with Crippen molar-refractivity contribution in [1.82, 2.24) is 4.98 Å². The molecule has 94 valence electrons. The Morgan fingerprint density at radius 1 is 1.50 bits per heavy atom. The molecule has 0 saturated heterocycles. The topological polar surface area (TPSA) is 56.0 Å². The van der Waals surface area contributed by atoms with Crippen molar-refractivity contribution in [2.75, 3.05) is 0 Å². The molecule has 2 aromatic rings. The van der Waals surface area contributed by atoms with Gasteiger partial charge in [-0.3, -0.25) is 10.1 Å². The highest BCUT2D eigenvalue weighted by Crippen LogP contribution is 2.37. The fourth-order valence-corrected chi connectivity index (χ4v) is 3.60. The van der Waals surface area contributed by atoms with Crippen LogP contribution in [0.15, 0.2) is 34.0 Å². The molecule has 0 fully saturated rings. The molecule has 1 aromatic heterocycles. The molecule has 1 aromatic carbocycles. The molecule has 0 aliphatic carbocycles. The normalized spacial score (nSPS) is 12.3. The second-order valence-electron chi connectivity index (χ2n) is 3.87. The summed E-state index contributed by atoms with van der Waals surface area (Å²) in [6.45, 7) is 3.99. The van der Waals surface area contributed by atoms with E-state index >= 15 is 0 Å². The van der Waals surface area contributed by atoms with E-state index in [0.29, 0.717) is 0 Å². The Balaban J connectivity index is 2.15. The van der Waals surface area contributed by atoms with Crippen LogP contribution in [0.4, 0.5) is 5.69 Å². The van der Waals surface area contributed by atoms with E-state index in [9.17, 15) is 10.1 Å². The molecule has 0 N–H and O–H groups in total. The molecule has 2 rings (SSSR count). The van der Waals surface area contributed by atoms with Gasteiger partial charge in [0.05, 0.1) is 4.92 Å². The maximum Gasteiger partial charge on any atom is 0.269 e. The zero-order valence-electron chi connectivity index (χ0n) is 9.99. The van der Waals surface area contributed by atoms with Gasteiger partial charge < -0.3 is 0 Å². The molecule has 1 heterocycles. The van der Waals surface area contributed by atoms with Gasteiger partial charge >= 0.3 is 0 Å². The van der Waals surface area contributed by atoms with Crippen LogP contribution in [0.3, 0.4) is 0 Å². The predicted molar refractivity (Wildman–Crippen MR) is 74.2 cm³/mol. The molecule has 4 nitrogen and oxygen atoms in total. The Kier molecular flexibility index (Phi) is 3.98. The van der Waals surface area contributed by atoms with E-state index in [4.69, 9.17) is 0 Å². The number of nitro groups is 1. The lowest BCUT2D eigenvalue weighted by molar-refractivity contribution is -0.384. The average molecular weight is 280 g/mol. The second kappa shape index (κ2) is 5.49. The van der Waals surface area contributed by atoms with Crippen LogP contribution in [0.5, 0.6) is 0 Å². The first-order chi connectivity index (χ1) is 8.56. The van der Waals surface area contributed by atoms with Gasteiger partial charge in [-0.15, -0.1) is 11.3 Å². The maximum atomic E-state index is 10.7. The smallest absolute Gasteiger partial charge is 0.258 e. The van der Waals surface area contributed by atoms with Crippen LogP contribution >= 0.6 is 23.1 Å². The highest BCUT2D eigenvalue weighted by molar-refractivity contribution is 8.01. The number of thioether (sulfide) groups is 1. The third-order valence-corrected chi connectivity index (χ3v) is 4.67. The van der Waals surface area contributed by atoms with Crippen molar-refractivity contribution >= 4 is 28.8 Å². The van der Waals surface area contributed by atoms with Crippen LogP contribution in [-0.4, -0.2) is 9.91 Å². The van der Waals surface area contributed by atoms with Crippen molar-refractivity contribution in [3.63, 3.8) is 0 Å². The van der Waals surface area contributed by atoms with Crippen LogP contribution in [0.25, 0.3) is 0 Å². The zero-order chi connectivity index (χ0) is 13.1. The summed E-state index contributed by atoms with van der Waals surface area (Å²) in [5.41, 5.74) is 2.09. The second-order valence-corrected chi connectivity index (χ2v) is 6.31. The van der Waals surface area contributed by atoms with Crippen LogP contribution in [0.2, 0.25) is 0 Å². The fraction of sp³-hybridized carbons (Fsp3) is 0.250. The van der Waals surface area contributed by atoms with Gasteiger partial charge in [-0.25, -0.2) is 4.98 Å². The van der Waals surface area contributed by atoms with Crippen LogP contribution in [0.1, 0.15) is 23.4 Å². The van der Waals surface area contributed by atoms with Gasteiger partial charge in [0.1, 0.15) is 0 Å². The van der Waals surface area contributed by atoms with Gasteiger partial charge in [-0.1, -0.05) is 23.9 Å². The number of nitrogens with zero attached hydrogens (tertiary/aromatic N) is 2. The van der Waals surface area contributed by atoms with Gasteiger partial charge in [-0.05, 0) is 19.4 Å². The van der Waals surface area contributed by atoms with E-state index in [2.05, 4.69) is 4.98 Å². The molecule has 0 amide bonds. The summed E-state index contributed by atoms with van der Waals surface area (Å²) < 4.78 is 0.992. The van der Waals surface area contributed by atoms with Crippen molar-refractivity contribution < 1.29 is 4.92 Å². The molecule has 1 unspecified atom stereocenters. The monoisotopic (exact) mass is 280 g/mol. The molecule has 0 saturated carbocycles. The van der Waals surface area contributed by atoms with Gasteiger partial charge in [0.15, 0.2) is 4.34 Å². The van der Waals surface area contributed by atoms with Gasteiger partial charge in [-0.2, -0.15) is 0 Å². The maximum absolute atomic E-state index is 10.7. The van der Waals surface area contributed by atoms with Gasteiger partial charge in [0.25, 0.3) is 5.69 Å². The van der Waals surface area contributed by atoms with Crippen molar-refractivity contribution in [3.8, 4) is 0 Å². The number of hydrogen-bond donors (Lipinski definition) is 0. The van der Waals surface area contributed by atoms with Crippen molar-refractivity contribution in [2.45, 2.75) is 23.4 Å². The third-order valence-electron chi connectivity index (χ3n) is 2.43. The van der Waals surface area contributed by atoms with Gasteiger partial charge in [0, 0.05) is 28.5 Å². The molecule has 18 heavy (non-hydrogen) atoms. The highest BCUT2D eigenvalue weighted by Gasteiger charge is 2.13. The van der Waals surface area contributed by atoms with E-state index in [1.165, 1.54) is 6.07 Å². The third kappa shape index (κ3) is 3.08. The zero-order valence-corrected chi connectivity index (χ0v) is 11.6. The molecular weight excluding hydrogens is 268 g/mol. The highest BCUT2D eigenvalue weighted by atomic mass is 32.2. The Labute approximate surface area is 113 Å². The quantitative estimate of drug-likeness (QED) is 0.478. The summed E-state index contributed by atoms with van der Waals surface area (Å²) in [4.78, 5) is 14.7. The number of benzene rings is 1. The minimum atomic E-state index is -0.367. The molecule has 0 spiro atoms. The number of thiazole rings is 1.